The van der Waals surface area contributed by atoms with Gasteiger partial charge in [0.25, 0.3) is 5.69 Å². The highest BCUT2D eigenvalue weighted by Crippen LogP contribution is 2.32. The topological polar surface area (TPSA) is 55.2 Å². The summed E-state index contributed by atoms with van der Waals surface area (Å²) in [6.45, 7) is 2.23. The average Bonchev–Trinajstić information content (AvgIpc) is 2.65. The van der Waals surface area contributed by atoms with Gasteiger partial charge in [0.05, 0.1) is 4.92 Å². The van der Waals surface area contributed by atoms with Gasteiger partial charge in [-0.2, -0.15) is 0 Å². The SMILES string of the molecule is CCCC1CCCC(Nc2cc(Cl)ccc2[N+](=O)[O-])CC1. The number of benzene rings is 1. The normalized spacial score (nSPS) is 22.6. The van der Waals surface area contributed by atoms with Crippen molar-refractivity contribution in [2.24, 2.45) is 5.92 Å². The molecular weight excluding hydrogens is 288 g/mol. The summed E-state index contributed by atoms with van der Waals surface area (Å²) < 4.78 is 0. The van der Waals surface area contributed by atoms with Gasteiger partial charge >= 0.3 is 0 Å². The third-order valence-electron chi connectivity index (χ3n) is 4.30. The summed E-state index contributed by atoms with van der Waals surface area (Å²) in [7, 11) is 0. The van der Waals surface area contributed by atoms with Crippen LogP contribution < -0.4 is 5.32 Å². The van der Waals surface area contributed by atoms with Crippen molar-refractivity contribution in [1.29, 1.82) is 0 Å². The number of nitrogens with one attached hydrogen (secondary N) is 1. The first-order valence-electron chi connectivity index (χ1n) is 7.80. The second kappa shape index (κ2) is 7.64. The lowest BCUT2D eigenvalue weighted by molar-refractivity contribution is -0.384. The highest BCUT2D eigenvalue weighted by molar-refractivity contribution is 6.31. The first-order chi connectivity index (χ1) is 10.1. The molecule has 2 atom stereocenters. The van der Waals surface area contributed by atoms with Crippen molar-refractivity contribution in [3.8, 4) is 0 Å². The van der Waals surface area contributed by atoms with Gasteiger partial charge in [-0.15, -0.1) is 0 Å². The Morgan fingerprint density at radius 1 is 1.33 bits per heavy atom. The fraction of sp³-hybridized carbons (Fsp3) is 0.625. The molecule has 5 heteroatoms. The third kappa shape index (κ3) is 4.60. The Hall–Kier alpha value is -1.29. The van der Waals surface area contributed by atoms with Gasteiger partial charge in [-0.1, -0.05) is 44.2 Å². The predicted octanol–water partition coefficient (Wildman–Crippen LogP) is 5.41. The summed E-state index contributed by atoms with van der Waals surface area (Å²) >= 11 is 5.97. The minimum Gasteiger partial charge on any atom is -0.377 e. The smallest absolute Gasteiger partial charge is 0.292 e. The zero-order valence-corrected chi connectivity index (χ0v) is 13.2. The number of hydrogen-bond donors (Lipinski definition) is 1. The molecule has 1 fully saturated rings. The van der Waals surface area contributed by atoms with E-state index in [0.29, 0.717) is 16.8 Å². The third-order valence-corrected chi connectivity index (χ3v) is 4.54. The lowest BCUT2D eigenvalue weighted by Crippen LogP contribution is -2.19. The van der Waals surface area contributed by atoms with E-state index in [1.807, 2.05) is 0 Å². The van der Waals surface area contributed by atoms with Crippen LogP contribution in [-0.4, -0.2) is 11.0 Å². The van der Waals surface area contributed by atoms with Crippen molar-refractivity contribution in [2.75, 3.05) is 5.32 Å². The summed E-state index contributed by atoms with van der Waals surface area (Å²) in [5.74, 6) is 0.816. The van der Waals surface area contributed by atoms with Crippen molar-refractivity contribution < 1.29 is 4.92 Å². The van der Waals surface area contributed by atoms with Gasteiger partial charge in [0.1, 0.15) is 5.69 Å². The second-order valence-electron chi connectivity index (χ2n) is 5.92. The molecule has 0 heterocycles. The Morgan fingerprint density at radius 2 is 2.14 bits per heavy atom. The fourth-order valence-electron chi connectivity index (χ4n) is 3.22. The largest absolute Gasteiger partial charge is 0.377 e. The predicted molar refractivity (Wildman–Crippen MR) is 87.0 cm³/mol. The van der Waals surface area contributed by atoms with Crippen LogP contribution in [0.2, 0.25) is 5.02 Å². The van der Waals surface area contributed by atoms with Gasteiger partial charge in [-0.25, -0.2) is 0 Å². The molecule has 0 aliphatic heterocycles. The average molecular weight is 311 g/mol. The summed E-state index contributed by atoms with van der Waals surface area (Å²) in [6, 6.07) is 5.01. The van der Waals surface area contributed by atoms with E-state index in [-0.39, 0.29) is 10.6 Å². The van der Waals surface area contributed by atoms with E-state index >= 15 is 0 Å². The van der Waals surface area contributed by atoms with Gasteiger partial charge < -0.3 is 5.32 Å². The zero-order valence-electron chi connectivity index (χ0n) is 12.5. The molecule has 1 aliphatic carbocycles. The molecular formula is C16H23ClN2O2. The van der Waals surface area contributed by atoms with Crippen LogP contribution in [0.25, 0.3) is 0 Å². The number of nitro groups is 1. The first-order valence-corrected chi connectivity index (χ1v) is 8.18. The Morgan fingerprint density at radius 3 is 2.86 bits per heavy atom. The van der Waals surface area contributed by atoms with Gasteiger partial charge in [0.2, 0.25) is 0 Å². The molecule has 0 bridgehead atoms. The fourth-order valence-corrected chi connectivity index (χ4v) is 3.39. The molecule has 1 aromatic carbocycles. The van der Waals surface area contributed by atoms with Crippen LogP contribution >= 0.6 is 11.6 Å². The maximum Gasteiger partial charge on any atom is 0.292 e. The molecule has 0 radical (unpaired) electrons. The number of anilines is 1. The monoisotopic (exact) mass is 310 g/mol. The number of rotatable bonds is 5. The number of nitro benzene ring substituents is 1. The Balaban J connectivity index is 2.04. The Bertz CT molecular complexity index is 493. The van der Waals surface area contributed by atoms with Crippen molar-refractivity contribution >= 4 is 23.0 Å². The quantitative estimate of drug-likeness (QED) is 0.449. The Labute approximate surface area is 131 Å². The van der Waals surface area contributed by atoms with Crippen LogP contribution in [-0.2, 0) is 0 Å². The molecule has 4 nitrogen and oxygen atoms in total. The standard InChI is InChI=1S/C16H23ClN2O2/c1-2-4-12-5-3-6-14(9-7-12)18-15-11-13(17)8-10-16(15)19(20)21/h8,10-12,14,18H,2-7,9H2,1H3. The van der Waals surface area contributed by atoms with Crippen LogP contribution in [0.3, 0.4) is 0 Å². The van der Waals surface area contributed by atoms with Gasteiger partial charge in [0, 0.05) is 17.1 Å². The number of hydrogen-bond acceptors (Lipinski definition) is 3. The molecule has 116 valence electrons. The lowest BCUT2D eigenvalue weighted by Gasteiger charge is -2.18. The summed E-state index contributed by atoms with van der Waals surface area (Å²) in [4.78, 5) is 10.8. The second-order valence-corrected chi connectivity index (χ2v) is 6.36. The van der Waals surface area contributed by atoms with E-state index in [2.05, 4.69) is 12.2 Å². The molecule has 0 aromatic heterocycles. The van der Waals surface area contributed by atoms with Gasteiger partial charge in [-0.05, 0) is 37.3 Å². The molecule has 0 spiro atoms. The van der Waals surface area contributed by atoms with Crippen molar-refractivity contribution in [3.63, 3.8) is 0 Å². The Kier molecular flexibility index (Phi) is 5.85. The van der Waals surface area contributed by atoms with Crippen LogP contribution in [0.15, 0.2) is 18.2 Å². The molecule has 1 aliphatic rings. The highest BCUT2D eigenvalue weighted by Gasteiger charge is 2.21. The number of halogens is 1. The molecule has 2 unspecified atom stereocenters. The molecule has 0 saturated heterocycles. The molecule has 1 saturated carbocycles. The van der Waals surface area contributed by atoms with E-state index in [0.717, 1.165) is 18.8 Å². The maximum atomic E-state index is 11.1. The van der Waals surface area contributed by atoms with E-state index in [1.54, 1.807) is 12.1 Å². The zero-order chi connectivity index (χ0) is 15.2. The van der Waals surface area contributed by atoms with E-state index < -0.39 is 0 Å². The summed E-state index contributed by atoms with van der Waals surface area (Å²) in [5, 5.41) is 15.0. The number of nitrogens with zero attached hydrogens (tertiary/aromatic N) is 1. The molecule has 1 N–H and O–H groups in total. The van der Waals surface area contributed by atoms with Crippen LogP contribution in [0, 0.1) is 16.0 Å². The van der Waals surface area contributed by atoms with E-state index in [9.17, 15) is 10.1 Å². The van der Waals surface area contributed by atoms with Crippen molar-refractivity contribution in [2.45, 2.75) is 57.9 Å². The molecule has 21 heavy (non-hydrogen) atoms. The highest BCUT2D eigenvalue weighted by atomic mass is 35.5. The van der Waals surface area contributed by atoms with Crippen LogP contribution in [0.1, 0.15) is 51.9 Å². The molecule has 0 amide bonds. The van der Waals surface area contributed by atoms with E-state index in [4.69, 9.17) is 11.6 Å². The van der Waals surface area contributed by atoms with Gasteiger partial charge in [-0.3, -0.25) is 10.1 Å². The minimum atomic E-state index is -0.352. The van der Waals surface area contributed by atoms with Crippen LogP contribution in [0.5, 0.6) is 0 Å². The van der Waals surface area contributed by atoms with Crippen molar-refractivity contribution in [1.82, 2.24) is 0 Å². The molecule has 2 rings (SSSR count). The van der Waals surface area contributed by atoms with E-state index in [1.165, 1.54) is 38.2 Å². The van der Waals surface area contributed by atoms with Gasteiger partial charge in [0.15, 0.2) is 0 Å². The van der Waals surface area contributed by atoms with Crippen molar-refractivity contribution in [3.05, 3.63) is 33.3 Å². The lowest BCUT2D eigenvalue weighted by atomic mass is 9.95. The molecule has 1 aromatic rings. The first kappa shape index (κ1) is 16.1. The van der Waals surface area contributed by atoms with Crippen LogP contribution in [0.4, 0.5) is 11.4 Å². The summed E-state index contributed by atoms with van der Waals surface area (Å²) in [6.07, 6.45) is 8.37. The maximum absolute atomic E-state index is 11.1. The summed E-state index contributed by atoms with van der Waals surface area (Å²) in [5.41, 5.74) is 0.653. The minimum absolute atomic E-state index is 0.105.